The monoisotopic (exact) mass is 369 g/mol. The summed E-state index contributed by atoms with van der Waals surface area (Å²) in [6.07, 6.45) is 6.04. The van der Waals surface area contributed by atoms with Gasteiger partial charge in [0.15, 0.2) is 0 Å². The van der Waals surface area contributed by atoms with Crippen molar-refractivity contribution in [2.45, 2.75) is 50.2 Å². The lowest BCUT2D eigenvalue weighted by Crippen LogP contribution is -2.49. The van der Waals surface area contributed by atoms with E-state index in [1.807, 2.05) is 0 Å². The Morgan fingerprint density at radius 3 is 2.42 bits per heavy atom. The Morgan fingerprint density at radius 2 is 1.62 bits per heavy atom. The van der Waals surface area contributed by atoms with Gasteiger partial charge in [0.25, 0.3) is 0 Å². The van der Waals surface area contributed by atoms with Crippen molar-refractivity contribution in [3.05, 3.63) is 70.8 Å². The fourth-order valence-corrected chi connectivity index (χ4v) is 5.11. The number of piperidine rings is 1. The van der Waals surface area contributed by atoms with Crippen molar-refractivity contribution in [3.63, 3.8) is 0 Å². The lowest BCUT2D eigenvalue weighted by atomic mass is 9.81. The zero-order valence-electron chi connectivity index (χ0n) is 15.3. The molecule has 0 amide bonds. The standard InChI is InChI=1S/C23H27NO.ClH/c1-2-7-21-17-25-23(15-19(21)6-1)11-13-24(14-12-23)16-20-10-9-18-5-3-4-8-22(18)20;/h1-8,20H,9-17H2;1H. The van der Waals surface area contributed by atoms with Gasteiger partial charge in [0.05, 0.1) is 12.2 Å². The van der Waals surface area contributed by atoms with E-state index < -0.39 is 0 Å². The summed E-state index contributed by atoms with van der Waals surface area (Å²) >= 11 is 0. The van der Waals surface area contributed by atoms with Gasteiger partial charge in [-0.1, -0.05) is 48.5 Å². The van der Waals surface area contributed by atoms with Gasteiger partial charge in [-0.2, -0.15) is 0 Å². The molecule has 0 saturated carbocycles. The summed E-state index contributed by atoms with van der Waals surface area (Å²) in [6, 6.07) is 17.9. The molecule has 0 N–H and O–H groups in total. The molecule has 2 nitrogen and oxygen atoms in total. The highest BCUT2D eigenvalue weighted by Crippen LogP contribution is 2.38. The molecule has 2 aromatic carbocycles. The quantitative estimate of drug-likeness (QED) is 0.757. The molecule has 0 aromatic heterocycles. The Bertz CT molecular complexity index is 766. The predicted molar refractivity (Wildman–Crippen MR) is 108 cm³/mol. The zero-order valence-corrected chi connectivity index (χ0v) is 16.1. The molecule has 1 fully saturated rings. The van der Waals surface area contributed by atoms with Crippen LogP contribution in [0.5, 0.6) is 0 Å². The van der Waals surface area contributed by atoms with Gasteiger partial charge >= 0.3 is 0 Å². The highest BCUT2D eigenvalue weighted by molar-refractivity contribution is 5.85. The van der Waals surface area contributed by atoms with Crippen LogP contribution in [0.3, 0.4) is 0 Å². The number of likely N-dealkylation sites (tertiary alicyclic amines) is 1. The molecule has 1 saturated heterocycles. The van der Waals surface area contributed by atoms with Crippen molar-refractivity contribution in [1.82, 2.24) is 4.90 Å². The van der Waals surface area contributed by atoms with Crippen LogP contribution in [0.25, 0.3) is 0 Å². The van der Waals surface area contributed by atoms with Crippen molar-refractivity contribution in [2.75, 3.05) is 19.6 Å². The van der Waals surface area contributed by atoms with Gasteiger partial charge in [-0.25, -0.2) is 0 Å². The van der Waals surface area contributed by atoms with Gasteiger partial charge < -0.3 is 9.64 Å². The molecular weight excluding hydrogens is 342 g/mol. The Balaban J connectivity index is 0.00000168. The lowest BCUT2D eigenvalue weighted by molar-refractivity contribution is -0.102. The van der Waals surface area contributed by atoms with E-state index in [1.54, 1.807) is 11.1 Å². The normalized spacial score (nSPS) is 23.9. The smallest absolute Gasteiger partial charge is 0.0751 e. The third-order valence-corrected chi connectivity index (χ3v) is 6.67. The van der Waals surface area contributed by atoms with E-state index in [9.17, 15) is 0 Å². The van der Waals surface area contributed by atoms with E-state index >= 15 is 0 Å². The Labute approximate surface area is 163 Å². The number of ether oxygens (including phenoxy) is 1. The molecule has 0 bridgehead atoms. The molecule has 2 aliphatic heterocycles. The second kappa shape index (κ2) is 7.34. The Kier molecular flexibility index (Phi) is 5.09. The van der Waals surface area contributed by atoms with Crippen LogP contribution in [0.2, 0.25) is 0 Å². The minimum atomic E-state index is 0. The van der Waals surface area contributed by atoms with Crippen molar-refractivity contribution >= 4 is 12.4 Å². The number of aryl methyl sites for hydroxylation is 1. The van der Waals surface area contributed by atoms with Crippen LogP contribution in [0.15, 0.2) is 48.5 Å². The SMILES string of the molecule is Cl.c1ccc2c(c1)COC1(CCN(CC3CCc4ccccc43)CC1)C2. The molecule has 2 aromatic rings. The van der Waals surface area contributed by atoms with Crippen molar-refractivity contribution in [2.24, 2.45) is 0 Å². The summed E-state index contributed by atoms with van der Waals surface area (Å²) in [5.41, 5.74) is 6.17. The topological polar surface area (TPSA) is 12.5 Å². The molecule has 2 heterocycles. The molecule has 138 valence electrons. The van der Waals surface area contributed by atoms with Gasteiger partial charge in [-0.15, -0.1) is 12.4 Å². The van der Waals surface area contributed by atoms with Crippen LogP contribution in [-0.2, 0) is 24.2 Å². The van der Waals surface area contributed by atoms with E-state index in [4.69, 9.17) is 4.74 Å². The average molecular weight is 370 g/mol. The van der Waals surface area contributed by atoms with Crippen LogP contribution < -0.4 is 0 Å². The summed E-state index contributed by atoms with van der Waals surface area (Å²) in [6.45, 7) is 4.39. The molecule has 5 rings (SSSR count). The number of nitrogens with zero attached hydrogens (tertiary/aromatic N) is 1. The number of hydrogen-bond acceptors (Lipinski definition) is 2. The Hall–Kier alpha value is -1.35. The van der Waals surface area contributed by atoms with Crippen LogP contribution in [-0.4, -0.2) is 30.1 Å². The van der Waals surface area contributed by atoms with Crippen LogP contribution in [0.1, 0.15) is 47.4 Å². The molecule has 0 radical (unpaired) electrons. The van der Waals surface area contributed by atoms with E-state index in [2.05, 4.69) is 53.4 Å². The molecule has 3 heteroatoms. The maximum absolute atomic E-state index is 6.38. The number of rotatable bonds is 2. The minimum Gasteiger partial charge on any atom is -0.370 e. The number of benzene rings is 2. The van der Waals surface area contributed by atoms with Crippen LogP contribution in [0, 0.1) is 0 Å². The second-order valence-electron chi connectivity index (χ2n) is 8.15. The summed E-state index contributed by atoms with van der Waals surface area (Å²) in [7, 11) is 0. The van der Waals surface area contributed by atoms with Gasteiger partial charge in [-0.3, -0.25) is 0 Å². The van der Waals surface area contributed by atoms with E-state index in [0.717, 1.165) is 18.9 Å². The van der Waals surface area contributed by atoms with E-state index in [-0.39, 0.29) is 18.0 Å². The van der Waals surface area contributed by atoms with Crippen molar-refractivity contribution in [1.29, 1.82) is 0 Å². The lowest BCUT2D eigenvalue weighted by Gasteiger charge is -2.45. The molecule has 1 atom stereocenters. The summed E-state index contributed by atoms with van der Waals surface area (Å²) in [4.78, 5) is 2.68. The van der Waals surface area contributed by atoms with Gasteiger partial charge in [-0.05, 0) is 53.9 Å². The maximum atomic E-state index is 6.38. The van der Waals surface area contributed by atoms with Crippen LogP contribution >= 0.6 is 12.4 Å². The van der Waals surface area contributed by atoms with Crippen molar-refractivity contribution in [3.8, 4) is 0 Å². The third-order valence-electron chi connectivity index (χ3n) is 6.67. The van der Waals surface area contributed by atoms with Gasteiger partial charge in [0, 0.05) is 26.1 Å². The van der Waals surface area contributed by atoms with E-state index in [0.29, 0.717) is 0 Å². The number of fused-ring (bicyclic) bond motifs is 2. The third kappa shape index (κ3) is 3.31. The second-order valence-corrected chi connectivity index (χ2v) is 8.15. The predicted octanol–water partition coefficient (Wildman–Crippen LogP) is 4.75. The molecule has 1 spiro atoms. The maximum Gasteiger partial charge on any atom is 0.0751 e. The van der Waals surface area contributed by atoms with E-state index in [1.165, 1.54) is 56.4 Å². The first-order valence-electron chi connectivity index (χ1n) is 9.82. The fraction of sp³-hybridized carbons (Fsp3) is 0.478. The fourth-order valence-electron chi connectivity index (χ4n) is 5.11. The minimum absolute atomic E-state index is 0. The summed E-state index contributed by atoms with van der Waals surface area (Å²) in [5.74, 6) is 0.734. The summed E-state index contributed by atoms with van der Waals surface area (Å²) < 4.78 is 6.38. The van der Waals surface area contributed by atoms with Gasteiger partial charge in [0.2, 0.25) is 0 Å². The summed E-state index contributed by atoms with van der Waals surface area (Å²) in [5, 5.41) is 0. The first-order valence-corrected chi connectivity index (χ1v) is 9.82. The zero-order chi connectivity index (χ0) is 16.7. The largest absolute Gasteiger partial charge is 0.370 e. The number of halogens is 1. The average Bonchev–Trinajstić information content (AvgIpc) is 3.07. The number of hydrogen-bond donors (Lipinski definition) is 0. The van der Waals surface area contributed by atoms with Crippen molar-refractivity contribution < 1.29 is 4.74 Å². The molecular formula is C23H28ClNO. The Morgan fingerprint density at radius 1 is 0.923 bits per heavy atom. The highest BCUT2D eigenvalue weighted by Gasteiger charge is 2.39. The van der Waals surface area contributed by atoms with Crippen LogP contribution in [0.4, 0.5) is 0 Å². The first-order chi connectivity index (χ1) is 12.3. The molecule has 26 heavy (non-hydrogen) atoms. The highest BCUT2D eigenvalue weighted by atomic mass is 35.5. The molecule has 1 aliphatic carbocycles. The van der Waals surface area contributed by atoms with Gasteiger partial charge in [0.1, 0.15) is 0 Å². The molecule has 3 aliphatic rings. The molecule has 1 unspecified atom stereocenters. The first kappa shape index (κ1) is 18.0.